The Bertz CT molecular complexity index is 3240. The first kappa shape index (κ1) is 20.1. The van der Waals surface area contributed by atoms with Gasteiger partial charge in [0.15, 0.2) is 0 Å². The maximum absolute atomic E-state index is 9.46. The Hall–Kier alpha value is -6.18. The summed E-state index contributed by atoms with van der Waals surface area (Å²) in [6, 6.07) is 36.7. The van der Waals surface area contributed by atoms with E-state index in [2.05, 4.69) is 6.07 Å². The second kappa shape index (κ2) is 10.7. The van der Waals surface area contributed by atoms with E-state index < -0.39 is 24.2 Å². The van der Waals surface area contributed by atoms with Crippen molar-refractivity contribution in [3.05, 3.63) is 181 Å². The van der Waals surface area contributed by atoms with Crippen LogP contribution >= 0.6 is 0 Å². The first-order valence-electron chi connectivity index (χ1n) is 20.0. The minimum absolute atomic E-state index is 0.168. The predicted molar refractivity (Wildman–Crippen MR) is 204 cm³/mol. The first-order chi connectivity index (χ1) is 27.2. The molecule has 1 heteroatoms. The normalized spacial score (nSPS) is 14.2. The topological polar surface area (TPSA) is 13.1 Å². The lowest BCUT2D eigenvalue weighted by atomic mass is 9.83. The van der Waals surface area contributed by atoms with Crippen LogP contribution in [0, 0.1) is 0 Å². The monoisotopic (exact) mass is 618 g/mol. The SMILES string of the molecule is [2H]c1c([2H])c([2H])c2c(-c3ccc(-c4cccc5oc6ccccc6c45)c4ccccc34)c3c([2H])c([2H])c([2H])c([2H])c3c(Cc3cccc4ccccc34)c2c1[2H]. The largest absolute Gasteiger partial charge is 0.456 e. The summed E-state index contributed by atoms with van der Waals surface area (Å²) in [4.78, 5) is 0. The van der Waals surface area contributed by atoms with E-state index in [1.807, 2.05) is 115 Å². The summed E-state index contributed by atoms with van der Waals surface area (Å²) in [5.74, 6) is 0. The van der Waals surface area contributed by atoms with E-state index in [1.165, 1.54) is 0 Å². The van der Waals surface area contributed by atoms with Gasteiger partial charge in [-0.2, -0.15) is 0 Å². The molecule has 0 saturated carbocycles. The summed E-state index contributed by atoms with van der Waals surface area (Å²) < 4.78 is 79.4. The summed E-state index contributed by atoms with van der Waals surface area (Å²) in [6.45, 7) is 0. The van der Waals surface area contributed by atoms with Crippen molar-refractivity contribution in [1.29, 1.82) is 0 Å². The number of rotatable bonds is 4. The van der Waals surface area contributed by atoms with Crippen LogP contribution in [-0.2, 0) is 6.42 Å². The maximum Gasteiger partial charge on any atom is 0.136 e. The molecule has 0 aliphatic rings. The number of hydrogen-bond acceptors (Lipinski definition) is 1. The summed E-state index contributed by atoms with van der Waals surface area (Å²) in [7, 11) is 0. The fourth-order valence-corrected chi connectivity index (χ4v) is 7.54. The molecule has 0 radical (unpaired) electrons. The quantitative estimate of drug-likeness (QED) is 0.179. The van der Waals surface area contributed by atoms with Crippen molar-refractivity contribution in [3.8, 4) is 22.3 Å². The summed E-state index contributed by atoms with van der Waals surface area (Å²) >= 11 is 0. The molecule has 0 spiro atoms. The molecule has 0 N–H and O–H groups in total. The number of hydrogen-bond donors (Lipinski definition) is 0. The fraction of sp³-hybridized carbons (Fsp3) is 0.0213. The van der Waals surface area contributed by atoms with Crippen LogP contribution in [0.5, 0.6) is 0 Å². The van der Waals surface area contributed by atoms with E-state index in [1.54, 1.807) is 0 Å². The Morgan fingerprint density at radius 2 is 0.979 bits per heavy atom. The van der Waals surface area contributed by atoms with Crippen LogP contribution in [0.1, 0.15) is 22.1 Å². The van der Waals surface area contributed by atoms with Crippen LogP contribution in [0.15, 0.2) is 174 Å². The lowest BCUT2D eigenvalue weighted by molar-refractivity contribution is 0.669. The highest BCUT2D eigenvalue weighted by Gasteiger charge is 2.20. The second-order valence-electron chi connectivity index (χ2n) is 12.2. The van der Waals surface area contributed by atoms with Crippen molar-refractivity contribution in [2.75, 3.05) is 0 Å². The molecule has 0 fully saturated rings. The molecule has 224 valence electrons. The van der Waals surface area contributed by atoms with E-state index >= 15 is 0 Å². The van der Waals surface area contributed by atoms with Gasteiger partial charge in [0.2, 0.25) is 0 Å². The van der Waals surface area contributed by atoms with Gasteiger partial charge in [0.25, 0.3) is 0 Å². The van der Waals surface area contributed by atoms with E-state index in [-0.39, 0.29) is 52.1 Å². The molecule has 10 aromatic rings. The zero-order chi connectivity index (χ0) is 38.6. The zero-order valence-electron chi connectivity index (χ0n) is 33.7. The lowest BCUT2D eigenvalue weighted by Crippen LogP contribution is -1.97. The van der Waals surface area contributed by atoms with Crippen LogP contribution < -0.4 is 0 Å². The van der Waals surface area contributed by atoms with Crippen LogP contribution in [0.3, 0.4) is 0 Å². The lowest BCUT2D eigenvalue weighted by Gasteiger charge is -2.20. The van der Waals surface area contributed by atoms with Gasteiger partial charge in [0.05, 0.1) is 11.0 Å². The van der Waals surface area contributed by atoms with Crippen molar-refractivity contribution >= 4 is 65.0 Å². The Morgan fingerprint density at radius 3 is 1.75 bits per heavy atom. The first-order valence-corrected chi connectivity index (χ1v) is 16.0. The predicted octanol–water partition coefficient (Wildman–Crippen LogP) is 13.1. The van der Waals surface area contributed by atoms with Crippen LogP contribution in [0.25, 0.3) is 87.3 Å². The van der Waals surface area contributed by atoms with E-state index in [0.717, 1.165) is 60.2 Å². The Kier molecular flexibility index (Phi) is 4.48. The number of fused-ring (bicyclic) bond motifs is 7. The highest BCUT2D eigenvalue weighted by Crippen LogP contribution is 2.46. The van der Waals surface area contributed by atoms with Gasteiger partial charge in [-0.15, -0.1) is 0 Å². The molecule has 0 amide bonds. The van der Waals surface area contributed by atoms with Crippen molar-refractivity contribution in [2.24, 2.45) is 0 Å². The van der Waals surface area contributed by atoms with Gasteiger partial charge in [0, 0.05) is 10.8 Å². The molecule has 0 bridgehead atoms. The molecule has 10 rings (SSSR count). The van der Waals surface area contributed by atoms with Crippen molar-refractivity contribution < 1.29 is 15.4 Å². The van der Waals surface area contributed by atoms with E-state index in [4.69, 9.17) is 9.90 Å². The summed E-state index contributed by atoms with van der Waals surface area (Å²) in [5, 5.41) is 6.42. The van der Waals surface area contributed by atoms with E-state index in [9.17, 15) is 5.48 Å². The third-order valence-electron chi connectivity index (χ3n) is 9.61. The molecule has 0 saturated heterocycles. The molecular weight excluding hydrogens is 581 g/mol. The molecule has 0 aliphatic heterocycles. The standard InChI is InChI=1S/C47H30O/c1-2-16-32-30(13-1)14-11-15-31(32)29-43-35-19-5-7-21-38(35)46(39-22-8-6-20-36(39)43)41-28-27-37(33-17-3-4-18-34(33)41)40-24-12-26-45-47(40)42-23-9-10-25-44(42)48-45/h1-28H,29H2/i5D,6D,7D,8D,19D,20D,21D,22D. The summed E-state index contributed by atoms with van der Waals surface area (Å²) in [5.41, 5.74) is 5.64. The molecule has 0 aliphatic carbocycles. The highest BCUT2D eigenvalue weighted by molar-refractivity contribution is 6.21. The fourth-order valence-electron chi connectivity index (χ4n) is 7.54. The minimum atomic E-state index is -0.417. The molecule has 48 heavy (non-hydrogen) atoms. The smallest absolute Gasteiger partial charge is 0.136 e. The van der Waals surface area contributed by atoms with Gasteiger partial charge in [-0.25, -0.2) is 0 Å². The summed E-state index contributed by atoms with van der Waals surface area (Å²) in [6.07, 6.45) is 0.168. The molecule has 1 aromatic heterocycles. The number of furan rings is 1. The average Bonchev–Trinajstić information content (AvgIpc) is 3.62. The molecule has 0 unspecified atom stereocenters. The molecule has 9 aromatic carbocycles. The molecular formula is C47H30O. The minimum Gasteiger partial charge on any atom is -0.456 e. The van der Waals surface area contributed by atoms with Crippen molar-refractivity contribution in [2.45, 2.75) is 6.42 Å². The van der Waals surface area contributed by atoms with Gasteiger partial charge in [-0.1, -0.05) is 158 Å². The van der Waals surface area contributed by atoms with Gasteiger partial charge < -0.3 is 4.42 Å². The number of benzene rings is 9. The Morgan fingerprint density at radius 1 is 0.417 bits per heavy atom. The van der Waals surface area contributed by atoms with Gasteiger partial charge in [0.1, 0.15) is 11.2 Å². The van der Waals surface area contributed by atoms with Crippen LogP contribution in [-0.4, -0.2) is 0 Å². The third kappa shape index (κ3) is 4.04. The van der Waals surface area contributed by atoms with Crippen molar-refractivity contribution in [1.82, 2.24) is 0 Å². The maximum atomic E-state index is 9.46. The third-order valence-corrected chi connectivity index (χ3v) is 9.61. The average molecular weight is 619 g/mol. The van der Waals surface area contributed by atoms with Crippen LogP contribution in [0.4, 0.5) is 0 Å². The van der Waals surface area contributed by atoms with Gasteiger partial charge in [-0.05, 0) is 95.0 Å². The molecule has 1 nitrogen and oxygen atoms in total. The van der Waals surface area contributed by atoms with Gasteiger partial charge >= 0.3 is 0 Å². The van der Waals surface area contributed by atoms with Crippen molar-refractivity contribution in [3.63, 3.8) is 0 Å². The molecule has 1 heterocycles. The Balaban J connectivity index is 1.37. The van der Waals surface area contributed by atoms with E-state index in [0.29, 0.717) is 16.7 Å². The second-order valence-corrected chi connectivity index (χ2v) is 12.2. The Labute approximate surface area is 289 Å². The zero-order valence-corrected chi connectivity index (χ0v) is 25.7. The highest BCUT2D eigenvalue weighted by atomic mass is 16.3. The number of para-hydroxylation sites is 1. The molecule has 0 atom stereocenters. The van der Waals surface area contributed by atoms with Gasteiger partial charge in [-0.3, -0.25) is 0 Å². The van der Waals surface area contributed by atoms with Crippen LogP contribution in [0.2, 0.25) is 0 Å².